The molecule has 0 saturated carbocycles. The largest absolute Gasteiger partial charge is 0.342 e. The van der Waals surface area contributed by atoms with Gasteiger partial charge in [-0.2, -0.15) is 9.61 Å². The number of carbonyl (C=O) groups is 1. The first-order valence-electron chi connectivity index (χ1n) is 7.98. The highest BCUT2D eigenvalue weighted by Crippen LogP contribution is 2.24. The number of fused-ring (bicyclic) bond motifs is 1. The molecular weight excluding hydrogens is 342 g/mol. The van der Waals surface area contributed by atoms with Crippen molar-refractivity contribution in [1.82, 2.24) is 24.7 Å². The Kier molecular flexibility index (Phi) is 4.48. The number of thiophene rings is 1. The highest BCUT2D eigenvalue weighted by Gasteiger charge is 2.18. The van der Waals surface area contributed by atoms with Crippen molar-refractivity contribution in [2.75, 3.05) is 18.8 Å². The fraction of sp³-hybridized carbons (Fsp3) is 0.375. The second-order valence-corrected chi connectivity index (χ2v) is 7.57. The van der Waals surface area contributed by atoms with Gasteiger partial charge in [0.1, 0.15) is 5.69 Å². The van der Waals surface area contributed by atoms with E-state index in [1.807, 2.05) is 34.5 Å². The standard InChI is InChI=1S/C16H17N5OS2/c22-15(20-8-2-1-3-9-20)11-24-16-18-17-14-7-6-12(19-21(14)16)13-5-4-10-23-13/h4-7,10H,1-3,8-9,11H2. The molecule has 1 aliphatic heterocycles. The Morgan fingerprint density at radius 1 is 1.17 bits per heavy atom. The molecule has 0 aliphatic carbocycles. The van der Waals surface area contributed by atoms with E-state index in [9.17, 15) is 4.79 Å². The minimum atomic E-state index is 0.172. The molecule has 0 N–H and O–H groups in total. The number of likely N-dealkylation sites (tertiary alicyclic amines) is 1. The summed E-state index contributed by atoms with van der Waals surface area (Å²) in [5, 5.41) is 15.6. The molecule has 124 valence electrons. The summed E-state index contributed by atoms with van der Waals surface area (Å²) >= 11 is 3.05. The third-order valence-electron chi connectivity index (χ3n) is 4.04. The van der Waals surface area contributed by atoms with Gasteiger partial charge in [0.05, 0.1) is 10.6 Å². The maximum Gasteiger partial charge on any atom is 0.233 e. The van der Waals surface area contributed by atoms with E-state index in [0.29, 0.717) is 16.6 Å². The highest BCUT2D eigenvalue weighted by molar-refractivity contribution is 7.99. The maximum absolute atomic E-state index is 12.3. The Bertz CT molecular complexity index is 839. The van der Waals surface area contributed by atoms with Gasteiger partial charge in [-0.3, -0.25) is 4.79 Å². The zero-order chi connectivity index (χ0) is 16.4. The average Bonchev–Trinajstić information content (AvgIpc) is 3.30. The van der Waals surface area contributed by atoms with E-state index in [1.165, 1.54) is 18.2 Å². The third-order valence-corrected chi connectivity index (χ3v) is 5.84. The van der Waals surface area contributed by atoms with Crippen molar-refractivity contribution < 1.29 is 4.79 Å². The maximum atomic E-state index is 12.3. The van der Waals surface area contributed by atoms with Gasteiger partial charge in [0.25, 0.3) is 0 Å². The Morgan fingerprint density at radius 3 is 2.83 bits per heavy atom. The van der Waals surface area contributed by atoms with Gasteiger partial charge in [-0.15, -0.1) is 21.5 Å². The molecular formula is C16H17N5OS2. The molecule has 3 aromatic rings. The van der Waals surface area contributed by atoms with Crippen molar-refractivity contribution >= 4 is 34.7 Å². The normalized spacial score (nSPS) is 15.1. The topological polar surface area (TPSA) is 63.4 Å². The van der Waals surface area contributed by atoms with E-state index in [-0.39, 0.29) is 5.91 Å². The zero-order valence-electron chi connectivity index (χ0n) is 13.1. The molecule has 0 unspecified atom stereocenters. The van der Waals surface area contributed by atoms with E-state index >= 15 is 0 Å². The lowest BCUT2D eigenvalue weighted by atomic mass is 10.1. The second-order valence-electron chi connectivity index (χ2n) is 5.68. The molecule has 0 bridgehead atoms. The van der Waals surface area contributed by atoms with Gasteiger partial charge in [-0.1, -0.05) is 17.8 Å². The Morgan fingerprint density at radius 2 is 2.04 bits per heavy atom. The lowest BCUT2D eigenvalue weighted by Gasteiger charge is -2.26. The fourth-order valence-electron chi connectivity index (χ4n) is 2.78. The van der Waals surface area contributed by atoms with E-state index < -0.39 is 0 Å². The minimum Gasteiger partial charge on any atom is -0.342 e. The number of carbonyl (C=O) groups excluding carboxylic acids is 1. The van der Waals surface area contributed by atoms with Gasteiger partial charge in [-0.25, -0.2) is 0 Å². The lowest BCUT2D eigenvalue weighted by Crippen LogP contribution is -2.36. The smallest absolute Gasteiger partial charge is 0.233 e. The first-order chi connectivity index (χ1) is 11.8. The van der Waals surface area contributed by atoms with Gasteiger partial charge in [-0.05, 0) is 42.8 Å². The van der Waals surface area contributed by atoms with Crippen LogP contribution >= 0.6 is 23.1 Å². The summed E-state index contributed by atoms with van der Waals surface area (Å²) in [6.45, 7) is 1.75. The molecule has 1 aliphatic rings. The van der Waals surface area contributed by atoms with E-state index in [1.54, 1.807) is 15.9 Å². The number of thioether (sulfide) groups is 1. The summed E-state index contributed by atoms with van der Waals surface area (Å²) in [6, 6.07) is 7.90. The molecule has 0 aromatic carbocycles. The molecule has 3 aromatic heterocycles. The van der Waals surface area contributed by atoms with Crippen LogP contribution in [0.15, 0.2) is 34.8 Å². The Balaban J connectivity index is 1.51. The van der Waals surface area contributed by atoms with Crippen LogP contribution in [-0.2, 0) is 4.79 Å². The summed E-state index contributed by atoms with van der Waals surface area (Å²) in [5.41, 5.74) is 1.59. The molecule has 4 rings (SSSR count). The van der Waals surface area contributed by atoms with Gasteiger partial charge in [0.2, 0.25) is 11.1 Å². The number of hydrogen-bond acceptors (Lipinski definition) is 6. The second kappa shape index (κ2) is 6.90. The number of piperidine rings is 1. The van der Waals surface area contributed by atoms with Crippen LogP contribution in [0.4, 0.5) is 0 Å². The molecule has 1 fully saturated rings. The molecule has 4 heterocycles. The molecule has 8 heteroatoms. The number of rotatable bonds is 4. The summed E-state index contributed by atoms with van der Waals surface area (Å²) in [7, 11) is 0. The summed E-state index contributed by atoms with van der Waals surface area (Å²) in [4.78, 5) is 15.4. The monoisotopic (exact) mass is 359 g/mol. The predicted octanol–water partition coefficient (Wildman–Crippen LogP) is 2.96. The van der Waals surface area contributed by atoms with Crippen LogP contribution in [0.5, 0.6) is 0 Å². The van der Waals surface area contributed by atoms with E-state index in [2.05, 4.69) is 15.3 Å². The predicted molar refractivity (Wildman–Crippen MR) is 95.3 cm³/mol. The quantitative estimate of drug-likeness (QED) is 0.670. The van der Waals surface area contributed by atoms with Crippen molar-refractivity contribution in [3.8, 4) is 10.6 Å². The third kappa shape index (κ3) is 3.16. The van der Waals surface area contributed by atoms with Gasteiger partial charge < -0.3 is 4.90 Å². The number of hydrogen-bond donors (Lipinski definition) is 0. The van der Waals surface area contributed by atoms with E-state index in [0.717, 1.165) is 36.5 Å². The van der Waals surface area contributed by atoms with Crippen LogP contribution in [0.25, 0.3) is 16.2 Å². The van der Waals surface area contributed by atoms with Crippen LogP contribution in [0, 0.1) is 0 Å². The first-order valence-corrected chi connectivity index (χ1v) is 9.85. The molecule has 6 nitrogen and oxygen atoms in total. The Labute approximate surface area is 147 Å². The molecule has 24 heavy (non-hydrogen) atoms. The number of nitrogens with zero attached hydrogens (tertiary/aromatic N) is 5. The molecule has 0 radical (unpaired) electrons. The Hall–Kier alpha value is -1.93. The summed E-state index contributed by atoms with van der Waals surface area (Å²) in [5.74, 6) is 0.553. The fourth-order valence-corrected chi connectivity index (χ4v) is 4.26. The van der Waals surface area contributed by atoms with Gasteiger partial charge in [0, 0.05) is 13.1 Å². The molecule has 1 saturated heterocycles. The van der Waals surface area contributed by atoms with Crippen LogP contribution in [-0.4, -0.2) is 49.5 Å². The van der Waals surface area contributed by atoms with Crippen molar-refractivity contribution in [2.45, 2.75) is 24.4 Å². The lowest BCUT2D eigenvalue weighted by molar-refractivity contribution is -0.129. The van der Waals surface area contributed by atoms with Crippen molar-refractivity contribution in [3.05, 3.63) is 29.6 Å². The van der Waals surface area contributed by atoms with Crippen LogP contribution < -0.4 is 0 Å². The molecule has 1 amide bonds. The van der Waals surface area contributed by atoms with Gasteiger partial charge >= 0.3 is 0 Å². The van der Waals surface area contributed by atoms with Gasteiger partial charge in [0.15, 0.2) is 5.65 Å². The highest BCUT2D eigenvalue weighted by atomic mass is 32.2. The van der Waals surface area contributed by atoms with Crippen molar-refractivity contribution in [2.24, 2.45) is 0 Å². The van der Waals surface area contributed by atoms with Crippen LogP contribution in [0.2, 0.25) is 0 Å². The van der Waals surface area contributed by atoms with Crippen molar-refractivity contribution in [1.29, 1.82) is 0 Å². The number of amides is 1. The van der Waals surface area contributed by atoms with Crippen LogP contribution in [0.3, 0.4) is 0 Å². The van der Waals surface area contributed by atoms with E-state index in [4.69, 9.17) is 0 Å². The average molecular weight is 359 g/mol. The van der Waals surface area contributed by atoms with Crippen LogP contribution in [0.1, 0.15) is 19.3 Å². The molecule has 0 spiro atoms. The number of aromatic nitrogens is 4. The summed E-state index contributed by atoms with van der Waals surface area (Å²) < 4.78 is 1.73. The SMILES string of the molecule is O=C(CSc1nnc2ccc(-c3cccs3)nn12)N1CCCCC1. The minimum absolute atomic E-state index is 0.172. The summed E-state index contributed by atoms with van der Waals surface area (Å²) in [6.07, 6.45) is 3.44. The zero-order valence-corrected chi connectivity index (χ0v) is 14.7. The van der Waals surface area contributed by atoms with Crippen molar-refractivity contribution in [3.63, 3.8) is 0 Å². The first kappa shape index (κ1) is 15.6. The molecule has 0 atom stereocenters.